The quantitative estimate of drug-likeness (QED) is 0.795. The largest absolute Gasteiger partial charge is 0.310 e. The molecule has 0 unspecified atom stereocenters. The Labute approximate surface area is 115 Å². The van der Waals surface area contributed by atoms with E-state index < -0.39 is 0 Å². The molecule has 0 fully saturated rings. The number of hydrogen-bond donors (Lipinski definition) is 0. The van der Waals surface area contributed by atoms with E-state index in [0.717, 1.165) is 13.1 Å². The second-order valence-corrected chi connectivity index (χ2v) is 4.95. The third-order valence-corrected chi connectivity index (χ3v) is 2.44. The molecule has 0 aliphatic rings. The van der Waals surface area contributed by atoms with E-state index in [0.29, 0.717) is 0 Å². The average molecular weight is 252 g/mol. The number of benzene rings is 1. The van der Waals surface area contributed by atoms with Crippen LogP contribution in [0, 0.1) is 13.8 Å². The SMILES string of the molecule is CCN(C)C.CCN(C)C.Cc1cccc(C)c1. The van der Waals surface area contributed by atoms with Crippen molar-refractivity contribution in [1.82, 2.24) is 9.80 Å². The van der Waals surface area contributed by atoms with Crippen LogP contribution in [0.2, 0.25) is 0 Å². The Hall–Kier alpha value is -0.860. The average Bonchev–Trinajstić information content (AvgIpc) is 2.30. The Balaban J connectivity index is 0. The van der Waals surface area contributed by atoms with Gasteiger partial charge >= 0.3 is 0 Å². The molecular weight excluding hydrogens is 220 g/mol. The zero-order valence-corrected chi connectivity index (χ0v) is 13.6. The fraction of sp³-hybridized carbons (Fsp3) is 0.625. The van der Waals surface area contributed by atoms with E-state index in [2.05, 4.69) is 90.0 Å². The molecule has 1 aromatic rings. The first-order valence-corrected chi connectivity index (χ1v) is 6.66. The fourth-order valence-corrected chi connectivity index (χ4v) is 0.807. The molecule has 0 saturated heterocycles. The van der Waals surface area contributed by atoms with Crippen LogP contribution >= 0.6 is 0 Å². The fourth-order valence-electron chi connectivity index (χ4n) is 0.807. The van der Waals surface area contributed by atoms with Gasteiger partial charge in [-0.3, -0.25) is 0 Å². The molecule has 0 amide bonds. The van der Waals surface area contributed by atoms with Gasteiger partial charge in [0.25, 0.3) is 0 Å². The van der Waals surface area contributed by atoms with Crippen LogP contribution in [0.3, 0.4) is 0 Å². The monoisotopic (exact) mass is 252 g/mol. The highest BCUT2D eigenvalue weighted by Gasteiger charge is 1.80. The molecule has 0 aliphatic carbocycles. The first-order valence-electron chi connectivity index (χ1n) is 6.66. The molecule has 1 rings (SSSR count). The highest BCUT2D eigenvalue weighted by molar-refractivity contribution is 5.20. The normalized spacial score (nSPS) is 9.44. The number of aryl methyl sites for hydroxylation is 2. The van der Waals surface area contributed by atoms with Crippen molar-refractivity contribution >= 4 is 0 Å². The van der Waals surface area contributed by atoms with E-state index in [1.165, 1.54) is 11.1 Å². The predicted molar refractivity (Wildman–Crippen MR) is 84.4 cm³/mol. The third-order valence-electron chi connectivity index (χ3n) is 2.44. The van der Waals surface area contributed by atoms with Crippen molar-refractivity contribution in [3.63, 3.8) is 0 Å². The van der Waals surface area contributed by atoms with Crippen LogP contribution < -0.4 is 0 Å². The summed E-state index contributed by atoms with van der Waals surface area (Å²) < 4.78 is 0. The van der Waals surface area contributed by atoms with Crippen molar-refractivity contribution in [1.29, 1.82) is 0 Å². The molecule has 0 aliphatic heterocycles. The summed E-state index contributed by atoms with van der Waals surface area (Å²) in [6, 6.07) is 8.45. The topological polar surface area (TPSA) is 6.48 Å². The number of nitrogens with zero attached hydrogens (tertiary/aromatic N) is 2. The van der Waals surface area contributed by atoms with Crippen molar-refractivity contribution < 1.29 is 0 Å². The summed E-state index contributed by atoms with van der Waals surface area (Å²) in [6.45, 7) is 10.7. The minimum Gasteiger partial charge on any atom is -0.310 e. The van der Waals surface area contributed by atoms with Gasteiger partial charge in [0, 0.05) is 0 Å². The van der Waals surface area contributed by atoms with E-state index in [-0.39, 0.29) is 0 Å². The highest BCUT2D eigenvalue weighted by atomic mass is 15.0. The zero-order valence-electron chi connectivity index (χ0n) is 13.6. The minimum absolute atomic E-state index is 1.14. The Kier molecular flexibility index (Phi) is 13.6. The maximum Gasteiger partial charge on any atom is -0.00533 e. The summed E-state index contributed by atoms with van der Waals surface area (Å²) >= 11 is 0. The Morgan fingerprint density at radius 1 is 0.778 bits per heavy atom. The summed E-state index contributed by atoms with van der Waals surface area (Å²) in [7, 11) is 8.22. The smallest absolute Gasteiger partial charge is 0.00533 e. The molecule has 0 bridgehead atoms. The first kappa shape index (κ1) is 19.5. The Morgan fingerprint density at radius 3 is 1.17 bits per heavy atom. The van der Waals surface area contributed by atoms with Crippen molar-refractivity contribution in [3.8, 4) is 0 Å². The lowest BCUT2D eigenvalue weighted by atomic mass is 10.2. The van der Waals surface area contributed by atoms with Crippen LogP contribution in [0.15, 0.2) is 24.3 Å². The molecule has 0 atom stereocenters. The minimum atomic E-state index is 1.14. The molecule has 0 saturated carbocycles. The van der Waals surface area contributed by atoms with Gasteiger partial charge in [0.15, 0.2) is 0 Å². The molecule has 2 heteroatoms. The first-order chi connectivity index (χ1) is 8.33. The van der Waals surface area contributed by atoms with Crippen LogP contribution in [0.4, 0.5) is 0 Å². The molecular formula is C16H32N2. The Morgan fingerprint density at radius 2 is 1.06 bits per heavy atom. The van der Waals surface area contributed by atoms with E-state index in [1.807, 2.05) is 0 Å². The van der Waals surface area contributed by atoms with E-state index in [1.54, 1.807) is 0 Å². The standard InChI is InChI=1S/C8H10.2C4H11N/c1-7-4-3-5-8(2)6-7;2*1-4-5(2)3/h3-6H,1-2H3;2*4H2,1-3H3. The van der Waals surface area contributed by atoms with Gasteiger partial charge in [-0.05, 0) is 55.1 Å². The molecule has 106 valence electrons. The second-order valence-electron chi connectivity index (χ2n) is 4.95. The van der Waals surface area contributed by atoms with Crippen LogP contribution in [-0.4, -0.2) is 51.1 Å². The number of rotatable bonds is 2. The van der Waals surface area contributed by atoms with Crippen molar-refractivity contribution in [3.05, 3.63) is 35.4 Å². The highest BCUT2D eigenvalue weighted by Crippen LogP contribution is 2.00. The summed E-state index contributed by atoms with van der Waals surface area (Å²) in [5.41, 5.74) is 2.68. The maximum absolute atomic E-state index is 2.17. The number of hydrogen-bond acceptors (Lipinski definition) is 2. The lowest BCUT2D eigenvalue weighted by molar-refractivity contribution is 0.434. The molecule has 0 spiro atoms. The molecule has 18 heavy (non-hydrogen) atoms. The van der Waals surface area contributed by atoms with Gasteiger partial charge < -0.3 is 9.80 Å². The van der Waals surface area contributed by atoms with E-state index >= 15 is 0 Å². The molecule has 0 heterocycles. The van der Waals surface area contributed by atoms with Gasteiger partial charge in [-0.2, -0.15) is 0 Å². The molecule has 0 N–H and O–H groups in total. The molecule has 0 radical (unpaired) electrons. The molecule has 2 nitrogen and oxygen atoms in total. The predicted octanol–water partition coefficient (Wildman–Crippen LogP) is 3.44. The second kappa shape index (κ2) is 12.6. The van der Waals surface area contributed by atoms with Crippen molar-refractivity contribution in [2.24, 2.45) is 0 Å². The summed E-state index contributed by atoms with van der Waals surface area (Å²) in [6.07, 6.45) is 0. The van der Waals surface area contributed by atoms with Gasteiger partial charge in [-0.25, -0.2) is 0 Å². The van der Waals surface area contributed by atoms with Gasteiger partial charge in [0.1, 0.15) is 0 Å². The van der Waals surface area contributed by atoms with Gasteiger partial charge in [0.05, 0.1) is 0 Å². The Bertz CT molecular complexity index is 255. The van der Waals surface area contributed by atoms with Gasteiger partial charge in [-0.1, -0.05) is 49.2 Å². The maximum atomic E-state index is 2.17. The lowest BCUT2D eigenvalue weighted by Crippen LogP contribution is -2.08. The van der Waals surface area contributed by atoms with Crippen LogP contribution in [0.25, 0.3) is 0 Å². The molecule has 0 aromatic heterocycles. The van der Waals surface area contributed by atoms with Crippen LogP contribution in [0.1, 0.15) is 25.0 Å². The third kappa shape index (κ3) is 17.5. The van der Waals surface area contributed by atoms with Crippen molar-refractivity contribution in [2.45, 2.75) is 27.7 Å². The van der Waals surface area contributed by atoms with Crippen LogP contribution in [0.5, 0.6) is 0 Å². The van der Waals surface area contributed by atoms with Gasteiger partial charge in [-0.15, -0.1) is 0 Å². The van der Waals surface area contributed by atoms with Gasteiger partial charge in [0.2, 0.25) is 0 Å². The summed E-state index contributed by atoms with van der Waals surface area (Å²) in [4.78, 5) is 4.25. The zero-order chi connectivity index (χ0) is 14.6. The summed E-state index contributed by atoms with van der Waals surface area (Å²) in [5, 5.41) is 0. The van der Waals surface area contributed by atoms with Crippen molar-refractivity contribution in [2.75, 3.05) is 41.3 Å². The summed E-state index contributed by atoms with van der Waals surface area (Å²) in [5.74, 6) is 0. The lowest BCUT2D eigenvalue weighted by Gasteiger charge is -2.00. The van der Waals surface area contributed by atoms with E-state index in [9.17, 15) is 0 Å². The molecule has 1 aromatic carbocycles. The van der Waals surface area contributed by atoms with E-state index in [4.69, 9.17) is 0 Å². The van der Waals surface area contributed by atoms with Crippen LogP contribution in [-0.2, 0) is 0 Å².